The monoisotopic (exact) mass is 599 g/mol. The van der Waals surface area contributed by atoms with Crippen molar-refractivity contribution in [3.05, 3.63) is 89.2 Å². The van der Waals surface area contributed by atoms with E-state index in [1.165, 1.54) is 69.2 Å². The van der Waals surface area contributed by atoms with Crippen molar-refractivity contribution in [2.45, 2.75) is 55.9 Å². The van der Waals surface area contributed by atoms with Gasteiger partial charge >= 0.3 is 0 Å². The van der Waals surface area contributed by atoms with E-state index < -0.39 is 15.8 Å². The molecule has 1 amide bonds. The van der Waals surface area contributed by atoms with Crippen LogP contribution in [0.4, 0.5) is 10.1 Å². The van der Waals surface area contributed by atoms with Crippen LogP contribution in [-0.2, 0) is 10.0 Å². The van der Waals surface area contributed by atoms with Crippen molar-refractivity contribution >= 4 is 33.2 Å². The summed E-state index contributed by atoms with van der Waals surface area (Å²) >= 11 is 6.11. The standard InChI is InChI=1S/C31H35ClFN3O4S/c32-29-22-25(33)12-17-30(29)40-36(27-6-2-1-3-7-27)41(38,39)28-15-10-24(11-16-28)31(37)34-26-13-8-23(9-14-26)18-21-35-19-4-5-20-35/h1-3,6-7,10-12,15-17,22-23,26H,4-5,8-9,13-14,18-21H2,(H,34,37). The van der Waals surface area contributed by atoms with Crippen LogP contribution in [0.25, 0.3) is 0 Å². The van der Waals surface area contributed by atoms with E-state index in [0.717, 1.165) is 42.3 Å². The molecule has 0 unspecified atom stereocenters. The lowest BCUT2D eigenvalue weighted by atomic mass is 9.84. The quantitative estimate of drug-likeness (QED) is 0.271. The first-order valence-electron chi connectivity index (χ1n) is 14.2. The Hall–Kier alpha value is -3.14. The number of likely N-dealkylation sites (tertiary alicyclic amines) is 1. The van der Waals surface area contributed by atoms with Gasteiger partial charge in [0.2, 0.25) is 0 Å². The molecule has 0 bridgehead atoms. The number of nitrogens with one attached hydrogen (secondary N) is 1. The second-order valence-corrected chi connectivity index (χ2v) is 12.9. The molecule has 2 fully saturated rings. The lowest BCUT2D eigenvalue weighted by Gasteiger charge is -2.30. The number of nitrogens with zero attached hydrogens (tertiary/aromatic N) is 2. The molecule has 0 radical (unpaired) electrons. The number of halogens is 2. The summed E-state index contributed by atoms with van der Waals surface area (Å²) in [4.78, 5) is 21.2. The van der Waals surface area contributed by atoms with E-state index in [4.69, 9.17) is 16.4 Å². The van der Waals surface area contributed by atoms with Crippen molar-refractivity contribution in [2.24, 2.45) is 5.92 Å². The van der Waals surface area contributed by atoms with Crippen LogP contribution >= 0.6 is 11.6 Å². The largest absolute Gasteiger partial charge is 0.363 e. The van der Waals surface area contributed by atoms with Crippen molar-refractivity contribution in [3.8, 4) is 5.75 Å². The molecule has 3 aromatic carbocycles. The maximum atomic E-state index is 13.7. The van der Waals surface area contributed by atoms with Crippen LogP contribution in [0.15, 0.2) is 77.7 Å². The average Bonchev–Trinajstić information content (AvgIpc) is 3.51. The van der Waals surface area contributed by atoms with Crippen LogP contribution in [0.3, 0.4) is 0 Å². The van der Waals surface area contributed by atoms with Crippen LogP contribution in [0.5, 0.6) is 5.75 Å². The van der Waals surface area contributed by atoms with Crippen molar-refractivity contribution in [1.82, 2.24) is 10.2 Å². The number of hydrogen-bond acceptors (Lipinski definition) is 5. The van der Waals surface area contributed by atoms with Gasteiger partial charge in [0.15, 0.2) is 5.75 Å². The Kier molecular flexibility index (Phi) is 9.47. The summed E-state index contributed by atoms with van der Waals surface area (Å²) in [6.07, 6.45) is 8.00. The van der Waals surface area contributed by atoms with Crippen molar-refractivity contribution in [2.75, 3.05) is 24.1 Å². The maximum absolute atomic E-state index is 13.7. The van der Waals surface area contributed by atoms with Gasteiger partial charge in [-0.1, -0.05) is 34.3 Å². The van der Waals surface area contributed by atoms with Gasteiger partial charge < -0.3 is 15.1 Å². The summed E-state index contributed by atoms with van der Waals surface area (Å²) in [5, 5.41) is 3.05. The third-order valence-corrected chi connectivity index (χ3v) is 9.79. The molecule has 0 aromatic heterocycles. The molecule has 0 spiro atoms. The molecule has 1 heterocycles. The van der Waals surface area contributed by atoms with E-state index in [1.807, 2.05) is 0 Å². The minimum atomic E-state index is -4.24. The van der Waals surface area contributed by atoms with Crippen molar-refractivity contribution in [3.63, 3.8) is 0 Å². The van der Waals surface area contributed by atoms with Gasteiger partial charge in [-0.25, -0.2) is 4.39 Å². The van der Waals surface area contributed by atoms with E-state index in [-0.39, 0.29) is 33.3 Å². The molecule has 1 N–H and O–H groups in total. The molecule has 1 aliphatic heterocycles. The number of carbonyl (C=O) groups excluding carboxylic acids is 1. The first kappa shape index (κ1) is 29.4. The summed E-state index contributed by atoms with van der Waals surface area (Å²) in [6.45, 7) is 3.64. The van der Waals surface area contributed by atoms with Crippen molar-refractivity contribution < 1.29 is 22.4 Å². The highest BCUT2D eigenvalue weighted by atomic mass is 35.5. The molecule has 10 heteroatoms. The van der Waals surface area contributed by atoms with Crippen LogP contribution in [0.2, 0.25) is 5.02 Å². The first-order chi connectivity index (χ1) is 19.8. The number of rotatable bonds is 10. The third kappa shape index (κ3) is 7.39. The van der Waals surface area contributed by atoms with Crippen LogP contribution in [0.1, 0.15) is 55.3 Å². The van der Waals surface area contributed by atoms with Crippen molar-refractivity contribution in [1.29, 1.82) is 0 Å². The third-order valence-electron chi connectivity index (χ3n) is 7.91. The predicted octanol–water partition coefficient (Wildman–Crippen LogP) is 6.44. The zero-order valence-electron chi connectivity index (χ0n) is 22.8. The molecule has 7 nitrogen and oxygen atoms in total. The minimum absolute atomic E-state index is 0.0257. The average molecular weight is 600 g/mol. The summed E-state index contributed by atoms with van der Waals surface area (Å²) < 4.78 is 41.6. The van der Waals surface area contributed by atoms with Gasteiger partial charge in [-0.15, -0.1) is 0 Å². The Bertz CT molecular complexity index is 1430. The molecular formula is C31H35ClFN3O4S. The van der Waals surface area contributed by atoms with E-state index in [2.05, 4.69) is 10.2 Å². The van der Waals surface area contributed by atoms with Gasteiger partial charge in [-0.3, -0.25) is 4.79 Å². The molecule has 2 aliphatic rings. The molecule has 5 rings (SSSR count). The molecular weight excluding hydrogens is 565 g/mol. The van der Waals surface area contributed by atoms with E-state index in [0.29, 0.717) is 11.5 Å². The van der Waals surface area contributed by atoms with Gasteiger partial charge in [0, 0.05) is 11.6 Å². The zero-order valence-corrected chi connectivity index (χ0v) is 24.4. The van der Waals surface area contributed by atoms with E-state index >= 15 is 0 Å². The van der Waals surface area contributed by atoms with Crippen LogP contribution < -0.4 is 14.6 Å². The Balaban J connectivity index is 1.22. The fourth-order valence-electron chi connectivity index (χ4n) is 5.54. The number of hydrogen-bond donors (Lipinski definition) is 1. The Labute approximate surface area is 246 Å². The van der Waals surface area contributed by atoms with Crippen LogP contribution in [0, 0.1) is 11.7 Å². The molecule has 3 aromatic rings. The molecule has 41 heavy (non-hydrogen) atoms. The first-order valence-corrected chi connectivity index (χ1v) is 16.0. The summed E-state index contributed by atoms with van der Waals surface area (Å²) in [5.74, 6) is -0.102. The minimum Gasteiger partial charge on any atom is -0.363 e. The Morgan fingerprint density at radius 1 is 0.976 bits per heavy atom. The molecule has 1 aliphatic carbocycles. The number of carbonyl (C=O) groups is 1. The van der Waals surface area contributed by atoms with Crippen LogP contribution in [-0.4, -0.2) is 44.9 Å². The maximum Gasteiger partial charge on any atom is 0.295 e. The number of amides is 1. The molecule has 0 atom stereocenters. The Morgan fingerprint density at radius 3 is 2.32 bits per heavy atom. The highest BCUT2D eigenvalue weighted by Gasteiger charge is 2.29. The predicted molar refractivity (Wildman–Crippen MR) is 158 cm³/mol. The Morgan fingerprint density at radius 2 is 1.66 bits per heavy atom. The lowest BCUT2D eigenvalue weighted by Crippen LogP contribution is -2.38. The summed E-state index contributed by atoms with van der Waals surface area (Å²) in [6, 6.07) is 17.5. The van der Waals surface area contributed by atoms with E-state index in [9.17, 15) is 17.6 Å². The second-order valence-electron chi connectivity index (χ2n) is 10.8. The van der Waals surface area contributed by atoms with Gasteiger partial charge in [0.05, 0.1) is 15.6 Å². The van der Waals surface area contributed by atoms with Gasteiger partial charge in [0.1, 0.15) is 5.82 Å². The van der Waals surface area contributed by atoms with Gasteiger partial charge in [-0.05, 0) is 125 Å². The summed E-state index contributed by atoms with van der Waals surface area (Å²) in [7, 11) is -4.24. The molecule has 1 saturated heterocycles. The molecule has 218 valence electrons. The van der Waals surface area contributed by atoms with Gasteiger partial charge in [-0.2, -0.15) is 8.42 Å². The number of anilines is 1. The number of para-hydroxylation sites is 1. The fourth-order valence-corrected chi connectivity index (χ4v) is 6.99. The number of benzene rings is 3. The normalized spacial score (nSPS) is 19.6. The topological polar surface area (TPSA) is 79.0 Å². The lowest BCUT2D eigenvalue weighted by molar-refractivity contribution is 0.0920. The van der Waals surface area contributed by atoms with Gasteiger partial charge in [0.25, 0.3) is 15.9 Å². The zero-order chi connectivity index (χ0) is 28.8. The fraction of sp³-hybridized carbons (Fsp3) is 0.387. The molecule has 1 saturated carbocycles. The smallest absolute Gasteiger partial charge is 0.295 e. The highest BCUT2D eigenvalue weighted by molar-refractivity contribution is 7.92. The second kappa shape index (κ2) is 13.2. The highest BCUT2D eigenvalue weighted by Crippen LogP contribution is 2.31. The SMILES string of the molecule is O=C(NC1CCC(CCN2CCCC2)CC1)c1ccc(S(=O)(=O)N(Oc2ccc(F)cc2Cl)c2ccccc2)cc1. The summed E-state index contributed by atoms with van der Waals surface area (Å²) in [5.41, 5.74) is 0.611. The van der Waals surface area contributed by atoms with E-state index in [1.54, 1.807) is 30.3 Å². The number of sulfonamides is 1.